The molecule has 0 bridgehead atoms. The van der Waals surface area contributed by atoms with Crippen molar-refractivity contribution in [3.8, 4) is 0 Å². The first kappa shape index (κ1) is 20.3. The summed E-state index contributed by atoms with van der Waals surface area (Å²) in [7, 11) is 0. The van der Waals surface area contributed by atoms with Crippen LogP contribution in [0.15, 0.2) is 22.2 Å². The van der Waals surface area contributed by atoms with Crippen LogP contribution in [-0.4, -0.2) is 47.9 Å². The van der Waals surface area contributed by atoms with Crippen molar-refractivity contribution in [2.24, 2.45) is 0 Å². The summed E-state index contributed by atoms with van der Waals surface area (Å²) in [5.74, 6) is -0.242. The Labute approximate surface area is 167 Å². The Morgan fingerprint density at radius 1 is 1.31 bits per heavy atom. The second-order valence-corrected chi connectivity index (χ2v) is 8.27. The number of pyridine rings is 1. The molecule has 0 saturated carbocycles. The molecule has 29 heavy (non-hydrogen) atoms. The van der Waals surface area contributed by atoms with Crippen molar-refractivity contribution < 1.29 is 22.4 Å². The molecular weight excluding hydrogens is 383 g/mol. The molecule has 0 spiro atoms. The summed E-state index contributed by atoms with van der Waals surface area (Å²) in [6.45, 7) is 7.38. The van der Waals surface area contributed by atoms with Crippen molar-refractivity contribution in [3.63, 3.8) is 0 Å². The van der Waals surface area contributed by atoms with Gasteiger partial charge in [0.05, 0.1) is 29.9 Å². The van der Waals surface area contributed by atoms with E-state index >= 15 is 0 Å². The van der Waals surface area contributed by atoms with Crippen LogP contribution in [-0.2, 0) is 10.9 Å². The van der Waals surface area contributed by atoms with Crippen LogP contribution in [0.25, 0.3) is 11.1 Å². The third-order valence-electron chi connectivity index (χ3n) is 5.69. The molecule has 4 rings (SSSR count). The predicted molar refractivity (Wildman–Crippen MR) is 103 cm³/mol. The van der Waals surface area contributed by atoms with Gasteiger partial charge in [-0.3, -0.25) is 4.90 Å². The largest absolute Gasteiger partial charge is 0.417 e. The number of aromatic nitrogens is 2. The highest BCUT2D eigenvalue weighted by Gasteiger charge is 2.38. The van der Waals surface area contributed by atoms with Gasteiger partial charge in [0.15, 0.2) is 0 Å². The van der Waals surface area contributed by atoms with E-state index in [0.29, 0.717) is 24.5 Å². The van der Waals surface area contributed by atoms with E-state index in [4.69, 9.17) is 9.26 Å². The zero-order valence-electron chi connectivity index (χ0n) is 16.8. The highest BCUT2D eigenvalue weighted by atomic mass is 19.4. The Bertz CT molecular complexity index is 904. The molecule has 0 N–H and O–H groups in total. The van der Waals surface area contributed by atoms with Crippen molar-refractivity contribution >= 4 is 11.1 Å². The fraction of sp³-hybridized carbons (Fsp3) is 0.619. The summed E-state index contributed by atoms with van der Waals surface area (Å²) >= 11 is 0. The number of ether oxygens (including phenoxy) is 1. The average molecular weight is 409 g/mol. The Kier molecular flexibility index (Phi) is 5.66. The summed E-state index contributed by atoms with van der Waals surface area (Å²) in [5.41, 5.74) is 1.28. The van der Waals surface area contributed by atoms with Crippen molar-refractivity contribution in [2.75, 3.05) is 32.8 Å². The second-order valence-electron chi connectivity index (χ2n) is 8.27. The van der Waals surface area contributed by atoms with Gasteiger partial charge in [0.25, 0.3) is 5.71 Å². The third kappa shape index (κ3) is 4.33. The quantitative estimate of drug-likeness (QED) is 0.673. The molecule has 2 aliphatic rings. The Morgan fingerprint density at radius 2 is 2.14 bits per heavy atom. The van der Waals surface area contributed by atoms with Crippen LogP contribution in [0.1, 0.15) is 61.9 Å². The maximum atomic E-state index is 13.8. The number of hydrogen-bond acceptors (Lipinski definition) is 5. The molecular formula is C21H26F3N3O2. The van der Waals surface area contributed by atoms with Gasteiger partial charge in [-0.2, -0.15) is 13.2 Å². The lowest BCUT2D eigenvalue weighted by Crippen LogP contribution is -2.36. The SMILES string of the molecule is CC(C)c1cc(C(F)(F)F)c2c([C@@H]3CCCN(CC4=CCCOC4)C3)noc2n1. The molecule has 2 aromatic heterocycles. The van der Waals surface area contributed by atoms with Gasteiger partial charge in [0, 0.05) is 24.7 Å². The van der Waals surface area contributed by atoms with Crippen molar-refractivity contribution in [1.29, 1.82) is 0 Å². The molecule has 5 nitrogen and oxygen atoms in total. The summed E-state index contributed by atoms with van der Waals surface area (Å²) in [6, 6.07) is 1.15. The van der Waals surface area contributed by atoms with Gasteiger partial charge in [-0.05, 0) is 43.4 Å². The number of likely N-dealkylation sites (tertiary alicyclic amines) is 1. The molecule has 158 valence electrons. The number of nitrogens with zero attached hydrogens (tertiary/aromatic N) is 3. The van der Waals surface area contributed by atoms with Gasteiger partial charge in [0.2, 0.25) is 0 Å². The van der Waals surface area contributed by atoms with Gasteiger partial charge < -0.3 is 9.26 Å². The van der Waals surface area contributed by atoms with Crippen LogP contribution >= 0.6 is 0 Å². The van der Waals surface area contributed by atoms with E-state index in [1.54, 1.807) is 0 Å². The van der Waals surface area contributed by atoms with Gasteiger partial charge in [-0.1, -0.05) is 25.1 Å². The molecule has 2 aromatic rings. The number of rotatable bonds is 4. The van der Waals surface area contributed by atoms with Crippen LogP contribution in [0.4, 0.5) is 13.2 Å². The fourth-order valence-corrected chi connectivity index (χ4v) is 4.22. The highest BCUT2D eigenvalue weighted by Crippen LogP contribution is 2.40. The summed E-state index contributed by atoms with van der Waals surface area (Å²) in [6.07, 6.45) is 0.337. The molecule has 0 aliphatic carbocycles. The fourth-order valence-electron chi connectivity index (χ4n) is 4.22. The van der Waals surface area contributed by atoms with E-state index < -0.39 is 11.7 Å². The van der Waals surface area contributed by atoms with Gasteiger partial charge in [-0.15, -0.1) is 0 Å². The lowest BCUT2D eigenvalue weighted by Gasteiger charge is -2.33. The summed E-state index contributed by atoms with van der Waals surface area (Å²) < 4.78 is 52.3. The van der Waals surface area contributed by atoms with Crippen LogP contribution in [0.3, 0.4) is 0 Å². The topological polar surface area (TPSA) is 51.4 Å². The highest BCUT2D eigenvalue weighted by molar-refractivity contribution is 5.81. The van der Waals surface area contributed by atoms with E-state index in [1.165, 1.54) is 5.57 Å². The molecule has 0 amide bonds. The molecule has 0 radical (unpaired) electrons. The van der Waals surface area contributed by atoms with E-state index in [1.807, 2.05) is 13.8 Å². The summed E-state index contributed by atoms with van der Waals surface area (Å²) in [4.78, 5) is 6.58. The van der Waals surface area contributed by atoms with E-state index in [0.717, 1.165) is 45.0 Å². The standard InChI is InChI=1S/C21H26F3N3O2/c1-13(2)17-9-16(21(22,23)24)18-19(26-29-20(18)25-17)15-6-3-7-27(11-15)10-14-5-4-8-28-12-14/h5,9,13,15H,3-4,6-8,10-12H2,1-2H3/t15-/m1/s1. The minimum atomic E-state index is -4.48. The number of alkyl halides is 3. The molecule has 1 saturated heterocycles. The van der Waals surface area contributed by atoms with E-state index in [9.17, 15) is 13.2 Å². The van der Waals surface area contributed by atoms with Gasteiger partial charge >= 0.3 is 6.18 Å². The molecule has 4 heterocycles. The summed E-state index contributed by atoms with van der Waals surface area (Å²) in [5, 5.41) is 4.09. The van der Waals surface area contributed by atoms with E-state index in [2.05, 4.69) is 21.1 Å². The number of piperidine rings is 1. The van der Waals surface area contributed by atoms with Crippen LogP contribution in [0.5, 0.6) is 0 Å². The Hall–Kier alpha value is -1.93. The van der Waals surface area contributed by atoms with Crippen molar-refractivity contribution in [2.45, 2.75) is 51.1 Å². The van der Waals surface area contributed by atoms with Crippen LogP contribution in [0, 0.1) is 0 Å². The lowest BCUT2D eigenvalue weighted by molar-refractivity contribution is -0.136. The number of fused-ring (bicyclic) bond motifs is 1. The molecule has 1 atom stereocenters. The number of hydrogen-bond donors (Lipinski definition) is 0. The monoisotopic (exact) mass is 409 g/mol. The maximum Gasteiger partial charge on any atom is 0.417 e. The predicted octanol–water partition coefficient (Wildman–Crippen LogP) is 4.89. The normalized spacial score (nSPS) is 21.7. The third-order valence-corrected chi connectivity index (χ3v) is 5.69. The zero-order chi connectivity index (χ0) is 20.6. The minimum Gasteiger partial charge on any atom is -0.377 e. The maximum absolute atomic E-state index is 13.8. The Morgan fingerprint density at radius 3 is 2.83 bits per heavy atom. The first-order valence-corrected chi connectivity index (χ1v) is 10.2. The number of halogens is 3. The first-order chi connectivity index (χ1) is 13.8. The molecule has 8 heteroatoms. The minimum absolute atomic E-state index is 0.0148. The average Bonchev–Trinajstić information content (AvgIpc) is 3.11. The molecule has 1 fully saturated rings. The smallest absolute Gasteiger partial charge is 0.377 e. The molecule has 0 aromatic carbocycles. The second kappa shape index (κ2) is 8.07. The molecule has 0 unspecified atom stereocenters. The zero-order valence-corrected chi connectivity index (χ0v) is 16.8. The van der Waals surface area contributed by atoms with Crippen molar-refractivity contribution in [3.05, 3.63) is 34.7 Å². The van der Waals surface area contributed by atoms with Crippen molar-refractivity contribution in [1.82, 2.24) is 15.0 Å². The first-order valence-electron chi connectivity index (χ1n) is 10.2. The van der Waals surface area contributed by atoms with Gasteiger partial charge in [-0.25, -0.2) is 4.98 Å². The van der Waals surface area contributed by atoms with E-state index in [-0.39, 0.29) is 22.9 Å². The lowest BCUT2D eigenvalue weighted by atomic mass is 9.91. The Balaban J connectivity index is 1.65. The van der Waals surface area contributed by atoms with Gasteiger partial charge in [0.1, 0.15) is 0 Å². The van der Waals surface area contributed by atoms with Crippen LogP contribution in [0.2, 0.25) is 0 Å². The molecule has 2 aliphatic heterocycles. The van der Waals surface area contributed by atoms with Crippen LogP contribution < -0.4 is 0 Å².